The van der Waals surface area contributed by atoms with Crippen LogP contribution in [0.25, 0.3) is 21.5 Å². The van der Waals surface area contributed by atoms with Gasteiger partial charge in [-0.15, -0.1) is 10.2 Å². The number of amides is 2. The predicted molar refractivity (Wildman–Crippen MR) is 226 cm³/mol. The van der Waals surface area contributed by atoms with Crippen molar-refractivity contribution in [2.24, 2.45) is 20.5 Å². The summed E-state index contributed by atoms with van der Waals surface area (Å²) in [6.07, 6.45) is 0.655. The van der Waals surface area contributed by atoms with Crippen LogP contribution in [0, 0.1) is 0 Å². The molecule has 2 amide bonds. The van der Waals surface area contributed by atoms with Gasteiger partial charge in [0.25, 0.3) is 11.8 Å². The van der Waals surface area contributed by atoms with Crippen LogP contribution < -0.4 is 10.6 Å². The third kappa shape index (κ3) is 10.4. The standard InChI is InChI=1S/C45H48N8O4/c1-52(2,3)25-23-46-44(56)38-28-32-11-7-9-13-36(32)40(42(38)54)50-48-34-19-15-30(16-20-34)27-31-17-21-35(22-18-31)49-51-41-37-14-10-8-12-33(37)29-39(43(41)55)45(57)47-24-26-53(4,5)6/h7-22,28-29H,23-27H2,1-6H3,(H2-2,46,47,48,49,54,55,56,57)/p+2. The lowest BCUT2D eigenvalue weighted by Gasteiger charge is -2.23. The van der Waals surface area contributed by atoms with Gasteiger partial charge in [0.15, 0.2) is 11.5 Å². The molecular weight excluding hydrogens is 717 g/mol. The molecule has 0 atom stereocenters. The zero-order chi connectivity index (χ0) is 40.7. The lowest BCUT2D eigenvalue weighted by molar-refractivity contribution is -0.869. The predicted octanol–water partition coefficient (Wildman–Crippen LogP) is 8.70. The van der Waals surface area contributed by atoms with Crippen molar-refractivity contribution >= 4 is 56.1 Å². The van der Waals surface area contributed by atoms with E-state index >= 15 is 0 Å². The molecule has 0 bridgehead atoms. The van der Waals surface area contributed by atoms with Crippen LogP contribution in [-0.2, 0) is 6.42 Å². The Labute approximate surface area is 333 Å². The van der Waals surface area contributed by atoms with Crippen LogP contribution in [0.2, 0.25) is 0 Å². The third-order valence-electron chi connectivity index (χ3n) is 9.43. The number of rotatable bonds is 14. The van der Waals surface area contributed by atoms with E-state index < -0.39 is 0 Å². The van der Waals surface area contributed by atoms with Gasteiger partial charge in [0.05, 0.1) is 91.0 Å². The molecule has 0 saturated carbocycles. The largest absolute Gasteiger partial charge is 0.505 e. The molecule has 57 heavy (non-hydrogen) atoms. The molecule has 6 rings (SSSR count). The number of phenolic OH excluding ortho intramolecular Hbond substituents is 2. The molecule has 0 radical (unpaired) electrons. The first-order valence-corrected chi connectivity index (χ1v) is 18.8. The summed E-state index contributed by atoms with van der Waals surface area (Å²) in [6, 6.07) is 33.6. The Bertz CT molecular complexity index is 2290. The number of nitrogens with one attached hydrogen (secondary N) is 2. The van der Waals surface area contributed by atoms with Crippen molar-refractivity contribution < 1.29 is 28.8 Å². The maximum absolute atomic E-state index is 13.1. The number of likely N-dealkylation sites (N-methyl/N-ethyl adjacent to an activating group) is 2. The summed E-state index contributed by atoms with van der Waals surface area (Å²) in [4.78, 5) is 26.1. The van der Waals surface area contributed by atoms with E-state index in [2.05, 4.69) is 31.1 Å². The van der Waals surface area contributed by atoms with Gasteiger partial charge in [-0.25, -0.2) is 0 Å². The van der Waals surface area contributed by atoms with E-state index in [1.54, 1.807) is 12.1 Å². The SMILES string of the molecule is C[N+](C)(C)CCNC(=O)c1cc2ccccc2c(N=Nc2ccc(Cc3ccc(N=Nc4c(O)c(C(=O)NCC[N+](C)(C)C)cc5ccccc45)cc3)cc2)c1O. The molecule has 6 aromatic carbocycles. The number of benzene rings is 6. The van der Waals surface area contributed by atoms with Crippen LogP contribution in [-0.4, -0.2) is 99.5 Å². The highest BCUT2D eigenvalue weighted by atomic mass is 16.3. The van der Waals surface area contributed by atoms with Gasteiger partial charge in [0.1, 0.15) is 11.4 Å². The maximum atomic E-state index is 13.1. The Hall–Kier alpha value is -6.50. The minimum atomic E-state index is -0.366. The van der Waals surface area contributed by atoms with Crippen molar-refractivity contribution in [3.63, 3.8) is 0 Å². The molecule has 0 aliphatic rings. The molecule has 6 aromatic rings. The Kier molecular flexibility index (Phi) is 12.1. The van der Waals surface area contributed by atoms with Gasteiger partial charge >= 0.3 is 0 Å². The summed E-state index contributed by atoms with van der Waals surface area (Å²) < 4.78 is 1.40. The summed E-state index contributed by atoms with van der Waals surface area (Å²) in [5.74, 6) is -1.16. The number of hydrogen-bond acceptors (Lipinski definition) is 8. The van der Waals surface area contributed by atoms with Gasteiger partial charge in [0, 0.05) is 10.8 Å². The van der Waals surface area contributed by atoms with Crippen molar-refractivity contribution in [3.05, 3.63) is 131 Å². The molecule has 292 valence electrons. The topological polar surface area (TPSA) is 148 Å². The van der Waals surface area contributed by atoms with Gasteiger partial charge in [-0.2, -0.15) is 10.2 Å². The number of carbonyl (C=O) groups is 2. The van der Waals surface area contributed by atoms with Crippen LogP contribution in [0.3, 0.4) is 0 Å². The van der Waals surface area contributed by atoms with Crippen LogP contribution in [0.1, 0.15) is 31.8 Å². The number of phenols is 2. The minimum Gasteiger partial charge on any atom is -0.505 e. The molecule has 12 heteroatoms. The number of azo groups is 2. The first-order valence-electron chi connectivity index (χ1n) is 18.8. The van der Waals surface area contributed by atoms with E-state index in [0.717, 1.165) is 35.0 Å². The van der Waals surface area contributed by atoms with Crippen LogP contribution >= 0.6 is 0 Å². The van der Waals surface area contributed by atoms with Crippen molar-refractivity contribution in [2.75, 3.05) is 68.5 Å². The minimum absolute atomic E-state index is 0.152. The Balaban J connectivity index is 1.14. The average Bonchev–Trinajstić information content (AvgIpc) is 3.17. The number of fused-ring (bicyclic) bond motifs is 2. The van der Waals surface area contributed by atoms with E-state index in [0.29, 0.717) is 50.6 Å². The summed E-state index contributed by atoms with van der Waals surface area (Å²) in [6.45, 7) is 2.40. The normalized spacial score (nSPS) is 12.2. The Morgan fingerprint density at radius 2 is 0.895 bits per heavy atom. The smallest absolute Gasteiger partial charge is 0.255 e. The summed E-state index contributed by atoms with van der Waals surface area (Å²) in [7, 11) is 12.3. The number of nitrogens with zero attached hydrogens (tertiary/aromatic N) is 6. The van der Waals surface area contributed by atoms with E-state index in [-0.39, 0.29) is 45.8 Å². The Morgan fingerprint density at radius 1 is 0.526 bits per heavy atom. The monoisotopic (exact) mass is 766 g/mol. The molecule has 0 aliphatic carbocycles. The van der Waals surface area contributed by atoms with E-state index in [4.69, 9.17) is 0 Å². The molecule has 0 aliphatic heterocycles. The molecule has 0 heterocycles. The molecule has 0 fully saturated rings. The highest BCUT2D eigenvalue weighted by molar-refractivity contribution is 6.07. The molecular formula is C45H50N8O4+2. The Morgan fingerprint density at radius 3 is 1.26 bits per heavy atom. The summed E-state index contributed by atoms with van der Waals surface area (Å²) in [5.41, 5.74) is 4.07. The lowest BCUT2D eigenvalue weighted by atomic mass is 10.0. The summed E-state index contributed by atoms with van der Waals surface area (Å²) >= 11 is 0. The van der Waals surface area contributed by atoms with Gasteiger partial charge in [0.2, 0.25) is 0 Å². The first kappa shape index (κ1) is 40.2. The van der Waals surface area contributed by atoms with Crippen LogP contribution in [0.5, 0.6) is 11.5 Å². The fourth-order valence-electron chi connectivity index (χ4n) is 6.20. The number of carbonyl (C=O) groups excluding carboxylic acids is 2. The molecule has 12 nitrogen and oxygen atoms in total. The molecule has 4 N–H and O–H groups in total. The quantitative estimate of drug-likeness (QED) is 0.0649. The molecule has 0 aromatic heterocycles. The number of hydrogen-bond donors (Lipinski definition) is 4. The van der Waals surface area contributed by atoms with E-state index in [9.17, 15) is 19.8 Å². The van der Waals surface area contributed by atoms with Crippen molar-refractivity contribution in [1.82, 2.24) is 10.6 Å². The van der Waals surface area contributed by atoms with Crippen molar-refractivity contribution in [2.45, 2.75) is 6.42 Å². The van der Waals surface area contributed by atoms with Gasteiger partial charge < -0.3 is 29.8 Å². The van der Waals surface area contributed by atoms with Crippen LogP contribution in [0.15, 0.2) is 130 Å². The second-order valence-electron chi connectivity index (χ2n) is 16.1. The highest BCUT2D eigenvalue weighted by Gasteiger charge is 2.21. The molecule has 0 spiro atoms. The number of quaternary nitrogens is 2. The van der Waals surface area contributed by atoms with E-state index in [1.165, 1.54) is 0 Å². The fraction of sp³-hybridized carbons (Fsp3) is 0.244. The molecule has 0 saturated heterocycles. The third-order valence-corrected chi connectivity index (χ3v) is 9.43. The first-order chi connectivity index (χ1) is 27.1. The lowest BCUT2D eigenvalue weighted by Crippen LogP contribution is -2.41. The zero-order valence-electron chi connectivity index (χ0n) is 33.3. The number of aromatic hydroxyl groups is 2. The highest BCUT2D eigenvalue weighted by Crippen LogP contribution is 2.41. The second-order valence-corrected chi connectivity index (χ2v) is 16.1. The van der Waals surface area contributed by atoms with Gasteiger partial charge in [-0.1, -0.05) is 72.8 Å². The molecule has 0 unspecified atom stereocenters. The van der Waals surface area contributed by atoms with Gasteiger partial charge in [-0.05, 0) is 64.7 Å². The van der Waals surface area contributed by atoms with Gasteiger partial charge in [-0.3, -0.25) is 9.59 Å². The van der Waals surface area contributed by atoms with Crippen molar-refractivity contribution in [3.8, 4) is 11.5 Å². The van der Waals surface area contributed by atoms with E-state index in [1.807, 2.05) is 139 Å². The maximum Gasteiger partial charge on any atom is 0.255 e. The fourth-order valence-corrected chi connectivity index (χ4v) is 6.20. The zero-order valence-corrected chi connectivity index (χ0v) is 33.3. The average molecular weight is 767 g/mol. The second kappa shape index (κ2) is 17.1. The van der Waals surface area contributed by atoms with Crippen molar-refractivity contribution in [1.29, 1.82) is 0 Å². The summed E-state index contributed by atoms with van der Waals surface area (Å²) in [5, 5.41) is 48.8. The van der Waals surface area contributed by atoms with Crippen LogP contribution in [0.4, 0.5) is 22.7 Å².